The van der Waals surface area contributed by atoms with Gasteiger partial charge >= 0.3 is 0 Å². The summed E-state index contributed by atoms with van der Waals surface area (Å²) in [5, 5.41) is 0. The molecule has 5 nitrogen and oxygen atoms in total. The number of sulfonamides is 1. The molecule has 2 heterocycles. The van der Waals surface area contributed by atoms with Crippen molar-refractivity contribution < 1.29 is 8.42 Å². The molecule has 2 saturated heterocycles. The second kappa shape index (κ2) is 6.99. The molecule has 0 saturated carbocycles. The molecule has 1 aromatic carbocycles. The summed E-state index contributed by atoms with van der Waals surface area (Å²) in [5.41, 5.74) is 2.85. The highest BCUT2D eigenvalue weighted by molar-refractivity contribution is 7.92. The van der Waals surface area contributed by atoms with E-state index >= 15 is 0 Å². The van der Waals surface area contributed by atoms with E-state index < -0.39 is 10.0 Å². The summed E-state index contributed by atoms with van der Waals surface area (Å²) >= 11 is 0. The Bertz CT molecular complexity index is 633. The topological polar surface area (TPSA) is 52.7 Å². The first-order valence-electron chi connectivity index (χ1n) is 8.65. The predicted molar refractivity (Wildman–Crippen MR) is 97.0 cm³/mol. The van der Waals surface area contributed by atoms with Crippen LogP contribution in [0.4, 0.5) is 17.1 Å². The molecule has 0 aliphatic carbocycles. The van der Waals surface area contributed by atoms with Crippen LogP contribution in [-0.4, -0.2) is 40.9 Å². The van der Waals surface area contributed by atoms with Gasteiger partial charge in [-0.3, -0.25) is 4.72 Å². The van der Waals surface area contributed by atoms with Crippen LogP contribution >= 0.6 is 0 Å². The number of anilines is 3. The normalized spacial score (nSPS) is 19.7. The van der Waals surface area contributed by atoms with E-state index in [2.05, 4.69) is 26.7 Å². The van der Waals surface area contributed by atoms with E-state index in [0.717, 1.165) is 43.2 Å². The highest BCUT2D eigenvalue weighted by Crippen LogP contribution is 2.34. The minimum absolute atomic E-state index is 0.720. The summed E-state index contributed by atoms with van der Waals surface area (Å²) in [7, 11) is -3.28. The van der Waals surface area contributed by atoms with Crippen LogP contribution in [0.2, 0.25) is 0 Å². The van der Waals surface area contributed by atoms with Gasteiger partial charge in [0.05, 0.1) is 17.6 Å². The minimum Gasteiger partial charge on any atom is -0.371 e. The van der Waals surface area contributed by atoms with E-state index in [4.69, 9.17) is 0 Å². The Kier molecular flexibility index (Phi) is 4.99. The van der Waals surface area contributed by atoms with Crippen LogP contribution in [0.3, 0.4) is 0 Å². The van der Waals surface area contributed by atoms with Gasteiger partial charge in [0.15, 0.2) is 0 Å². The molecule has 128 valence electrons. The molecule has 0 bridgehead atoms. The molecule has 0 aromatic heterocycles. The largest absolute Gasteiger partial charge is 0.371 e. The predicted octanol–water partition coefficient (Wildman–Crippen LogP) is 3.04. The van der Waals surface area contributed by atoms with Crippen molar-refractivity contribution in [2.24, 2.45) is 0 Å². The maximum absolute atomic E-state index is 11.8. The molecular formula is C17H27N3O2S. The van der Waals surface area contributed by atoms with E-state index in [1.54, 1.807) is 0 Å². The zero-order valence-corrected chi connectivity index (χ0v) is 14.7. The van der Waals surface area contributed by atoms with Gasteiger partial charge in [-0.05, 0) is 56.7 Å². The molecule has 1 aromatic rings. The number of nitrogens with one attached hydrogen (secondary N) is 1. The minimum atomic E-state index is -3.28. The summed E-state index contributed by atoms with van der Waals surface area (Å²) in [6.07, 6.45) is 8.54. The lowest BCUT2D eigenvalue weighted by Gasteiger charge is -2.33. The van der Waals surface area contributed by atoms with Gasteiger partial charge in [-0.1, -0.05) is 0 Å². The van der Waals surface area contributed by atoms with Crippen molar-refractivity contribution >= 4 is 27.1 Å². The molecule has 2 fully saturated rings. The number of piperidine rings is 2. The third-order valence-electron chi connectivity index (χ3n) is 4.69. The Morgan fingerprint density at radius 3 is 2.00 bits per heavy atom. The summed E-state index contributed by atoms with van der Waals surface area (Å²) in [5.74, 6) is 0. The van der Waals surface area contributed by atoms with Crippen LogP contribution in [0.5, 0.6) is 0 Å². The number of hydrogen-bond donors (Lipinski definition) is 1. The second-order valence-corrected chi connectivity index (χ2v) is 8.42. The number of rotatable bonds is 4. The summed E-state index contributed by atoms with van der Waals surface area (Å²) < 4.78 is 26.3. The summed E-state index contributed by atoms with van der Waals surface area (Å²) in [6, 6.07) is 6.24. The molecule has 2 aliphatic rings. The van der Waals surface area contributed by atoms with Crippen LogP contribution in [-0.2, 0) is 10.0 Å². The van der Waals surface area contributed by atoms with Gasteiger partial charge in [0.25, 0.3) is 0 Å². The van der Waals surface area contributed by atoms with E-state index in [-0.39, 0.29) is 0 Å². The maximum atomic E-state index is 11.8. The third-order valence-corrected chi connectivity index (χ3v) is 5.28. The first-order chi connectivity index (χ1) is 11.0. The summed E-state index contributed by atoms with van der Waals surface area (Å²) in [4.78, 5) is 4.66. The fraction of sp³-hybridized carbons (Fsp3) is 0.647. The standard InChI is InChI=1S/C17H27N3O2S/c1-23(21,22)18-16-14-15(19-10-4-2-5-11-19)8-9-17(16)20-12-6-3-7-13-20/h8-9,14,18H,2-7,10-13H2,1H3. The van der Waals surface area contributed by atoms with Crippen LogP contribution in [0, 0.1) is 0 Å². The Balaban J connectivity index is 1.91. The van der Waals surface area contributed by atoms with Crippen molar-refractivity contribution in [1.29, 1.82) is 0 Å². The van der Waals surface area contributed by atoms with Gasteiger partial charge in [-0.15, -0.1) is 0 Å². The van der Waals surface area contributed by atoms with Gasteiger partial charge in [-0.2, -0.15) is 0 Å². The molecule has 6 heteroatoms. The van der Waals surface area contributed by atoms with Gasteiger partial charge in [0, 0.05) is 31.9 Å². The SMILES string of the molecule is CS(=O)(=O)Nc1cc(N2CCCCC2)ccc1N1CCCCC1. The van der Waals surface area contributed by atoms with Gasteiger partial charge in [-0.25, -0.2) is 8.42 Å². The molecule has 0 unspecified atom stereocenters. The van der Waals surface area contributed by atoms with Crippen molar-refractivity contribution in [2.45, 2.75) is 38.5 Å². The zero-order chi connectivity index (χ0) is 16.3. The highest BCUT2D eigenvalue weighted by Gasteiger charge is 2.19. The number of hydrogen-bond acceptors (Lipinski definition) is 4. The molecule has 1 N–H and O–H groups in total. The number of benzene rings is 1. The van der Waals surface area contributed by atoms with Crippen LogP contribution in [0.15, 0.2) is 18.2 Å². The van der Waals surface area contributed by atoms with Crippen molar-refractivity contribution in [2.75, 3.05) is 47.0 Å². The fourth-order valence-corrected chi connectivity index (χ4v) is 4.13. The van der Waals surface area contributed by atoms with Gasteiger partial charge in [0.2, 0.25) is 10.0 Å². The quantitative estimate of drug-likeness (QED) is 0.917. The zero-order valence-electron chi connectivity index (χ0n) is 13.9. The molecule has 2 aliphatic heterocycles. The van der Waals surface area contributed by atoms with Crippen LogP contribution < -0.4 is 14.5 Å². The molecule has 23 heavy (non-hydrogen) atoms. The maximum Gasteiger partial charge on any atom is 0.229 e. The van der Waals surface area contributed by atoms with E-state index in [1.165, 1.54) is 44.8 Å². The van der Waals surface area contributed by atoms with Crippen molar-refractivity contribution in [3.8, 4) is 0 Å². The first kappa shape index (κ1) is 16.4. The smallest absolute Gasteiger partial charge is 0.229 e. The highest BCUT2D eigenvalue weighted by atomic mass is 32.2. The van der Waals surface area contributed by atoms with Crippen molar-refractivity contribution in [3.05, 3.63) is 18.2 Å². The molecule has 0 amide bonds. The second-order valence-electron chi connectivity index (χ2n) is 6.67. The Labute approximate surface area is 139 Å². The van der Waals surface area contributed by atoms with E-state index in [1.807, 2.05) is 6.07 Å². The fourth-order valence-electron chi connectivity index (χ4n) is 3.56. The van der Waals surface area contributed by atoms with E-state index in [9.17, 15) is 8.42 Å². The average Bonchev–Trinajstić information content (AvgIpc) is 2.55. The Hall–Kier alpha value is -1.43. The molecule has 0 atom stereocenters. The Morgan fingerprint density at radius 2 is 1.43 bits per heavy atom. The lowest BCUT2D eigenvalue weighted by molar-refractivity contribution is 0.575. The number of nitrogens with zero attached hydrogens (tertiary/aromatic N) is 2. The van der Waals surface area contributed by atoms with E-state index in [0.29, 0.717) is 0 Å². The van der Waals surface area contributed by atoms with Gasteiger partial charge < -0.3 is 9.80 Å². The molecular weight excluding hydrogens is 310 g/mol. The first-order valence-corrected chi connectivity index (χ1v) is 10.5. The third kappa shape index (κ3) is 4.31. The monoisotopic (exact) mass is 337 g/mol. The molecule has 0 spiro atoms. The average molecular weight is 337 g/mol. The van der Waals surface area contributed by atoms with Crippen LogP contribution in [0.1, 0.15) is 38.5 Å². The van der Waals surface area contributed by atoms with Crippen molar-refractivity contribution in [1.82, 2.24) is 0 Å². The van der Waals surface area contributed by atoms with Gasteiger partial charge in [0.1, 0.15) is 0 Å². The van der Waals surface area contributed by atoms with Crippen LogP contribution in [0.25, 0.3) is 0 Å². The Morgan fingerprint density at radius 1 is 0.870 bits per heavy atom. The summed E-state index contributed by atoms with van der Waals surface area (Å²) in [6.45, 7) is 4.12. The molecule has 3 rings (SSSR count). The lowest BCUT2D eigenvalue weighted by Crippen LogP contribution is -2.31. The lowest BCUT2D eigenvalue weighted by atomic mass is 10.1. The molecule has 0 radical (unpaired) electrons. The van der Waals surface area contributed by atoms with Crippen molar-refractivity contribution in [3.63, 3.8) is 0 Å².